The zero-order chi connectivity index (χ0) is 11.5. The molecule has 0 fully saturated rings. The minimum atomic E-state index is -0.709. The van der Waals surface area contributed by atoms with E-state index in [0.717, 1.165) is 13.0 Å². The van der Waals surface area contributed by atoms with E-state index in [-0.39, 0.29) is 6.42 Å². The number of benzene rings is 1. The number of carboxylic acid groups (broad SMARTS) is 1. The van der Waals surface area contributed by atoms with E-state index in [1.165, 1.54) is 11.3 Å². The molecule has 1 aromatic rings. The van der Waals surface area contributed by atoms with E-state index in [2.05, 4.69) is 30.0 Å². The van der Waals surface area contributed by atoms with Crippen molar-refractivity contribution in [2.45, 2.75) is 32.2 Å². The van der Waals surface area contributed by atoms with Crippen molar-refractivity contribution in [1.82, 2.24) is 0 Å². The molecule has 0 bridgehead atoms. The van der Waals surface area contributed by atoms with Crippen LogP contribution in [0.15, 0.2) is 24.3 Å². The number of anilines is 1. The lowest BCUT2D eigenvalue weighted by Crippen LogP contribution is -2.31. The number of rotatable bonds is 4. The number of nitrogens with zero attached hydrogens (tertiary/aromatic N) is 1. The van der Waals surface area contributed by atoms with E-state index >= 15 is 0 Å². The smallest absolute Gasteiger partial charge is 0.303 e. The highest BCUT2D eigenvalue weighted by Crippen LogP contribution is 2.30. The van der Waals surface area contributed by atoms with Gasteiger partial charge in [-0.3, -0.25) is 4.79 Å². The molecule has 0 amide bonds. The molecule has 0 saturated heterocycles. The van der Waals surface area contributed by atoms with Crippen molar-refractivity contribution in [2.75, 3.05) is 11.4 Å². The summed E-state index contributed by atoms with van der Waals surface area (Å²) in [6.07, 6.45) is 2.04. The van der Waals surface area contributed by atoms with Gasteiger partial charge in [-0.2, -0.15) is 0 Å². The van der Waals surface area contributed by atoms with Gasteiger partial charge in [-0.25, -0.2) is 0 Å². The number of fused-ring (bicyclic) bond motifs is 1. The van der Waals surface area contributed by atoms with Gasteiger partial charge < -0.3 is 10.0 Å². The molecule has 0 spiro atoms. The van der Waals surface area contributed by atoms with Crippen LogP contribution in [0.2, 0.25) is 0 Å². The van der Waals surface area contributed by atoms with Crippen LogP contribution in [0.4, 0.5) is 5.69 Å². The monoisotopic (exact) mass is 219 g/mol. The summed E-state index contributed by atoms with van der Waals surface area (Å²) in [6, 6.07) is 8.68. The summed E-state index contributed by atoms with van der Waals surface area (Å²) < 4.78 is 0. The SMILES string of the molecule is CC(CCC(=O)O)N1CCc2ccccc21. The van der Waals surface area contributed by atoms with Crippen molar-refractivity contribution in [2.24, 2.45) is 0 Å². The van der Waals surface area contributed by atoms with Crippen molar-refractivity contribution >= 4 is 11.7 Å². The molecule has 2 rings (SSSR count). The van der Waals surface area contributed by atoms with Gasteiger partial charge in [0.2, 0.25) is 0 Å². The summed E-state index contributed by atoms with van der Waals surface area (Å²) in [5.41, 5.74) is 2.66. The molecule has 1 unspecified atom stereocenters. The molecule has 0 aromatic heterocycles. The molecule has 0 aliphatic carbocycles. The van der Waals surface area contributed by atoms with E-state index in [0.29, 0.717) is 12.5 Å². The van der Waals surface area contributed by atoms with Crippen molar-refractivity contribution in [3.63, 3.8) is 0 Å². The molecular weight excluding hydrogens is 202 g/mol. The number of carbonyl (C=O) groups is 1. The van der Waals surface area contributed by atoms with Crippen LogP contribution in [0, 0.1) is 0 Å². The van der Waals surface area contributed by atoms with E-state index < -0.39 is 5.97 Å². The normalized spacial score (nSPS) is 15.9. The Bertz CT molecular complexity index is 389. The highest BCUT2D eigenvalue weighted by atomic mass is 16.4. The predicted octanol–water partition coefficient (Wildman–Crippen LogP) is 2.30. The number of para-hydroxylation sites is 1. The molecule has 1 N–H and O–H groups in total. The molecule has 1 aromatic carbocycles. The first kappa shape index (κ1) is 11.0. The highest BCUT2D eigenvalue weighted by Gasteiger charge is 2.22. The van der Waals surface area contributed by atoms with E-state index in [1.54, 1.807) is 0 Å². The molecule has 86 valence electrons. The van der Waals surface area contributed by atoms with Crippen LogP contribution in [0.1, 0.15) is 25.3 Å². The van der Waals surface area contributed by atoms with Gasteiger partial charge >= 0.3 is 5.97 Å². The average Bonchev–Trinajstić information content (AvgIpc) is 2.69. The summed E-state index contributed by atoms with van der Waals surface area (Å²) in [5.74, 6) is -0.709. The molecule has 1 aliphatic rings. The van der Waals surface area contributed by atoms with Crippen LogP contribution in [0.5, 0.6) is 0 Å². The Morgan fingerprint density at radius 3 is 3.00 bits per heavy atom. The lowest BCUT2D eigenvalue weighted by molar-refractivity contribution is -0.137. The standard InChI is InChI=1S/C13H17NO2/c1-10(6-7-13(15)16)14-9-8-11-4-2-3-5-12(11)14/h2-5,10H,6-9H2,1H3,(H,15,16). The van der Waals surface area contributed by atoms with Gasteiger partial charge in [-0.05, 0) is 31.4 Å². The first-order chi connectivity index (χ1) is 7.68. The van der Waals surface area contributed by atoms with Crippen LogP contribution >= 0.6 is 0 Å². The van der Waals surface area contributed by atoms with Crippen LogP contribution in [-0.2, 0) is 11.2 Å². The molecule has 3 nitrogen and oxygen atoms in total. The van der Waals surface area contributed by atoms with Crippen molar-refractivity contribution < 1.29 is 9.90 Å². The van der Waals surface area contributed by atoms with Crippen molar-refractivity contribution in [1.29, 1.82) is 0 Å². The van der Waals surface area contributed by atoms with Gasteiger partial charge in [-0.15, -0.1) is 0 Å². The summed E-state index contributed by atoms with van der Waals surface area (Å²) in [5, 5.41) is 8.68. The number of carboxylic acids is 1. The van der Waals surface area contributed by atoms with Gasteiger partial charge in [0.1, 0.15) is 0 Å². The third-order valence-corrected chi connectivity index (χ3v) is 3.23. The summed E-state index contributed by atoms with van der Waals surface area (Å²) in [6.45, 7) is 3.12. The second-order valence-electron chi connectivity index (χ2n) is 4.35. The maximum Gasteiger partial charge on any atom is 0.303 e. The topological polar surface area (TPSA) is 40.5 Å². The zero-order valence-corrected chi connectivity index (χ0v) is 9.52. The lowest BCUT2D eigenvalue weighted by Gasteiger charge is -2.26. The van der Waals surface area contributed by atoms with Gasteiger partial charge in [0, 0.05) is 24.7 Å². The van der Waals surface area contributed by atoms with Gasteiger partial charge in [-0.1, -0.05) is 18.2 Å². The molecule has 1 aliphatic heterocycles. The Hall–Kier alpha value is -1.51. The molecule has 16 heavy (non-hydrogen) atoms. The quantitative estimate of drug-likeness (QED) is 0.844. The fourth-order valence-electron chi connectivity index (χ4n) is 2.31. The molecule has 0 radical (unpaired) electrons. The Morgan fingerprint density at radius 1 is 1.50 bits per heavy atom. The Kier molecular flexibility index (Phi) is 3.13. The van der Waals surface area contributed by atoms with Gasteiger partial charge in [0.25, 0.3) is 0 Å². The molecule has 1 atom stereocenters. The fraction of sp³-hybridized carbons (Fsp3) is 0.462. The second-order valence-corrected chi connectivity index (χ2v) is 4.35. The van der Waals surface area contributed by atoms with Crippen LogP contribution in [0.25, 0.3) is 0 Å². The summed E-state index contributed by atoms with van der Waals surface area (Å²) in [7, 11) is 0. The average molecular weight is 219 g/mol. The van der Waals surface area contributed by atoms with E-state index in [4.69, 9.17) is 5.11 Å². The predicted molar refractivity (Wildman–Crippen MR) is 63.8 cm³/mol. The second kappa shape index (κ2) is 4.56. The third-order valence-electron chi connectivity index (χ3n) is 3.23. The van der Waals surface area contributed by atoms with Crippen LogP contribution in [-0.4, -0.2) is 23.7 Å². The van der Waals surface area contributed by atoms with Crippen molar-refractivity contribution in [3.05, 3.63) is 29.8 Å². The fourth-order valence-corrected chi connectivity index (χ4v) is 2.31. The third kappa shape index (κ3) is 2.18. The first-order valence-corrected chi connectivity index (χ1v) is 5.75. The summed E-state index contributed by atoms with van der Waals surface area (Å²) in [4.78, 5) is 12.9. The van der Waals surface area contributed by atoms with Gasteiger partial charge in [0.15, 0.2) is 0 Å². The Balaban J connectivity index is 2.04. The molecular formula is C13H17NO2. The zero-order valence-electron chi connectivity index (χ0n) is 9.52. The van der Waals surface area contributed by atoms with Crippen LogP contribution in [0.3, 0.4) is 0 Å². The number of hydrogen-bond donors (Lipinski definition) is 1. The maximum atomic E-state index is 10.5. The highest BCUT2D eigenvalue weighted by molar-refractivity contribution is 5.67. The number of aliphatic carboxylic acids is 1. The minimum Gasteiger partial charge on any atom is -0.481 e. The molecule has 3 heteroatoms. The number of hydrogen-bond acceptors (Lipinski definition) is 2. The maximum absolute atomic E-state index is 10.5. The van der Waals surface area contributed by atoms with Crippen molar-refractivity contribution in [3.8, 4) is 0 Å². The van der Waals surface area contributed by atoms with Gasteiger partial charge in [0.05, 0.1) is 0 Å². The molecule has 1 heterocycles. The Morgan fingerprint density at radius 2 is 2.25 bits per heavy atom. The minimum absolute atomic E-state index is 0.250. The molecule has 0 saturated carbocycles. The van der Waals surface area contributed by atoms with E-state index in [9.17, 15) is 4.79 Å². The van der Waals surface area contributed by atoms with Crippen LogP contribution < -0.4 is 4.90 Å². The largest absolute Gasteiger partial charge is 0.481 e. The first-order valence-electron chi connectivity index (χ1n) is 5.75. The summed E-state index contributed by atoms with van der Waals surface area (Å²) >= 11 is 0. The lowest BCUT2D eigenvalue weighted by atomic mass is 10.1. The Labute approximate surface area is 95.7 Å². The van der Waals surface area contributed by atoms with E-state index in [1.807, 2.05) is 6.07 Å².